The zero-order valence-electron chi connectivity index (χ0n) is 4.63. The Hall–Kier alpha value is 0.480. The Morgan fingerprint density at radius 2 is 2.10 bits per heavy atom. The summed E-state index contributed by atoms with van der Waals surface area (Å²) in [4.78, 5) is 12.7. The normalized spacial score (nSPS) is 13.9. The summed E-state index contributed by atoms with van der Waals surface area (Å²) < 4.78 is 10.7. The lowest BCUT2D eigenvalue weighted by molar-refractivity contribution is 0.560. The Morgan fingerprint density at radius 1 is 1.60 bits per heavy atom. The van der Waals surface area contributed by atoms with Gasteiger partial charge in [-0.1, -0.05) is 0 Å². The van der Waals surface area contributed by atoms with Gasteiger partial charge in [0.25, 0.3) is 5.85 Å². The summed E-state index contributed by atoms with van der Waals surface area (Å²) >= 11 is 15.5. The molecule has 58 valence electrons. The minimum atomic E-state index is -3.41. The largest absolute Gasteiger partial charge is 0.287 e. The third kappa shape index (κ3) is 3.60. The molecule has 10 heavy (non-hydrogen) atoms. The van der Waals surface area contributed by atoms with Gasteiger partial charge in [-0.15, -0.1) is 11.6 Å². The van der Waals surface area contributed by atoms with Crippen LogP contribution in [-0.2, 0) is 9.36 Å². The predicted molar refractivity (Wildman–Crippen MR) is 41.9 cm³/mol. The SMILES string of the molecule is O=C=NC(CCl)P(=O)(Cl)Cl. The molecule has 0 aromatic rings. The van der Waals surface area contributed by atoms with Gasteiger partial charge in [-0.2, -0.15) is 4.99 Å². The highest BCUT2D eigenvalue weighted by Gasteiger charge is 2.27. The van der Waals surface area contributed by atoms with Gasteiger partial charge < -0.3 is 0 Å². The molecule has 0 N–H and O–H groups in total. The van der Waals surface area contributed by atoms with Gasteiger partial charge >= 0.3 is 0 Å². The molecule has 1 unspecified atom stereocenters. The van der Waals surface area contributed by atoms with Crippen LogP contribution < -0.4 is 0 Å². The van der Waals surface area contributed by atoms with Gasteiger partial charge in [-0.3, -0.25) is 4.57 Å². The van der Waals surface area contributed by atoms with Crippen molar-refractivity contribution in [3.8, 4) is 0 Å². The van der Waals surface area contributed by atoms with Crippen molar-refractivity contribution < 1.29 is 9.36 Å². The molecule has 0 radical (unpaired) electrons. The summed E-state index contributed by atoms with van der Waals surface area (Å²) in [6, 6.07) is 0. The highest BCUT2D eigenvalue weighted by Crippen LogP contribution is 2.61. The lowest BCUT2D eigenvalue weighted by atomic mass is 10.8. The highest BCUT2D eigenvalue weighted by atomic mass is 35.9. The van der Waals surface area contributed by atoms with Crippen LogP contribution in [0.3, 0.4) is 0 Å². The van der Waals surface area contributed by atoms with E-state index in [1.807, 2.05) is 0 Å². The van der Waals surface area contributed by atoms with Crippen molar-refractivity contribution in [3.63, 3.8) is 0 Å². The third-order valence-electron chi connectivity index (χ3n) is 0.687. The summed E-state index contributed by atoms with van der Waals surface area (Å²) in [7, 11) is 0. The average molecular weight is 222 g/mol. The van der Waals surface area contributed by atoms with Gasteiger partial charge in [0, 0.05) is 0 Å². The molecule has 0 saturated heterocycles. The Bertz CT molecular complexity index is 196. The Labute approximate surface area is 72.3 Å². The maximum atomic E-state index is 10.7. The quantitative estimate of drug-likeness (QED) is 0.319. The van der Waals surface area contributed by atoms with E-state index in [1.165, 1.54) is 6.08 Å². The minimum absolute atomic E-state index is 0.153. The van der Waals surface area contributed by atoms with Crippen molar-refractivity contribution in [1.82, 2.24) is 0 Å². The van der Waals surface area contributed by atoms with Crippen LogP contribution in [0, 0.1) is 0 Å². The molecule has 0 rings (SSSR count). The number of rotatable bonds is 3. The van der Waals surface area contributed by atoms with Gasteiger partial charge in [-0.05, 0) is 22.5 Å². The van der Waals surface area contributed by atoms with Crippen LogP contribution in [0.2, 0.25) is 0 Å². The smallest absolute Gasteiger partial charge is 0.278 e. The van der Waals surface area contributed by atoms with E-state index in [1.54, 1.807) is 0 Å². The first-order valence-corrected chi connectivity index (χ1v) is 6.26. The van der Waals surface area contributed by atoms with E-state index < -0.39 is 11.6 Å². The molecule has 0 amide bonds. The molecular formula is C3H3Cl3NO2P. The molecule has 0 aliphatic heterocycles. The Balaban J connectivity index is 4.36. The molecule has 0 spiro atoms. The number of hydrogen-bond acceptors (Lipinski definition) is 3. The van der Waals surface area contributed by atoms with E-state index in [2.05, 4.69) is 4.99 Å². The highest BCUT2D eigenvalue weighted by molar-refractivity contribution is 8.09. The van der Waals surface area contributed by atoms with Gasteiger partial charge in [0.2, 0.25) is 6.08 Å². The summed E-state index contributed by atoms with van der Waals surface area (Å²) in [5.41, 5.74) is 0. The fourth-order valence-electron chi connectivity index (χ4n) is 0.243. The van der Waals surface area contributed by atoms with E-state index >= 15 is 0 Å². The topological polar surface area (TPSA) is 46.5 Å². The number of nitrogens with zero attached hydrogens (tertiary/aromatic N) is 1. The Morgan fingerprint density at radius 3 is 2.20 bits per heavy atom. The number of carbonyl (C=O) groups excluding carboxylic acids is 1. The number of halogens is 3. The fourth-order valence-corrected chi connectivity index (χ4v) is 2.34. The third-order valence-corrected chi connectivity index (χ3v) is 3.54. The van der Waals surface area contributed by atoms with E-state index in [0.717, 1.165) is 0 Å². The maximum Gasteiger partial charge on any atom is 0.278 e. The van der Waals surface area contributed by atoms with Gasteiger partial charge in [0.15, 0.2) is 5.78 Å². The number of isocyanates is 1. The molecule has 0 aliphatic rings. The first kappa shape index (κ1) is 10.5. The monoisotopic (exact) mass is 221 g/mol. The van der Waals surface area contributed by atoms with Gasteiger partial charge in [0.05, 0.1) is 5.88 Å². The molecule has 0 aromatic heterocycles. The molecule has 0 heterocycles. The lowest BCUT2D eigenvalue weighted by Gasteiger charge is -2.05. The minimum Gasteiger partial charge on any atom is -0.287 e. The number of hydrogen-bond donors (Lipinski definition) is 0. The van der Waals surface area contributed by atoms with Crippen LogP contribution in [0.15, 0.2) is 4.99 Å². The van der Waals surface area contributed by atoms with Crippen molar-refractivity contribution in [2.45, 2.75) is 5.78 Å². The standard InChI is InChI=1S/C3H3Cl3NO2P/c4-1-3(7-2-8)10(5,6)9/h3H,1H2. The summed E-state index contributed by atoms with van der Waals surface area (Å²) in [6.07, 6.45) is 1.17. The van der Waals surface area contributed by atoms with Crippen molar-refractivity contribution in [2.24, 2.45) is 4.99 Å². The first-order chi connectivity index (χ1) is 4.52. The zero-order chi connectivity index (χ0) is 8.20. The van der Waals surface area contributed by atoms with Crippen LogP contribution in [-0.4, -0.2) is 17.7 Å². The number of aliphatic imine (C=N–C) groups is 1. The Kier molecular flexibility index (Phi) is 4.59. The van der Waals surface area contributed by atoms with Gasteiger partial charge in [0.1, 0.15) is 0 Å². The molecule has 7 heteroatoms. The van der Waals surface area contributed by atoms with Crippen LogP contribution in [0.4, 0.5) is 0 Å². The van der Waals surface area contributed by atoms with Crippen molar-refractivity contribution in [1.29, 1.82) is 0 Å². The molecule has 1 atom stereocenters. The maximum absolute atomic E-state index is 10.7. The molecular weight excluding hydrogens is 219 g/mol. The summed E-state index contributed by atoms with van der Waals surface area (Å²) in [5.74, 6) is -4.59. The molecule has 0 aliphatic carbocycles. The molecule has 0 fully saturated rings. The molecule has 3 nitrogen and oxygen atoms in total. The van der Waals surface area contributed by atoms with Crippen molar-refractivity contribution >= 4 is 46.0 Å². The van der Waals surface area contributed by atoms with Crippen LogP contribution in [0.25, 0.3) is 0 Å². The second kappa shape index (κ2) is 4.38. The van der Waals surface area contributed by atoms with E-state index in [4.69, 9.17) is 34.1 Å². The molecule has 0 saturated carbocycles. The fraction of sp³-hybridized carbons (Fsp3) is 0.667. The zero-order valence-corrected chi connectivity index (χ0v) is 7.79. The molecule has 0 bridgehead atoms. The lowest BCUT2D eigenvalue weighted by Crippen LogP contribution is -1.99. The van der Waals surface area contributed by atoms with Crippen molar-refractivity contribution in [2.75, 3.05) is 5.88 Å². The first-order valence-electron chi connectivity index (χ1n) is 2.14. The van der Waals surface area contributed by atoms with E-state index in [-0.39, 0.29) is 5.88 Å². The molecule has 0 aromatic carbocycles. The van der Waals surface area contributed by atoms with Crippen LogP contribution in [0.1, 0.15) is 0 Å². The van der Waals surface area contributed by atoms with E-state index in [9.17, 15) is 9.36 Å². The van der Waals surface area contributed by atoms with Crippen molar-refractivity contribution in [3.05, 3.63) is 0 Å². The summed E-state index contributed by atoms with van der Waals surface area (Å²) in [5, 5.41) is 0. The predicted octanol–water partition coefficient (Wildman–Crippen LogP) is 2.56. The van der Waals surface area contributed by atoms with Crippen LogP contribution >= 0.6 is 39.9 Å². The van der Waals surface area contributed by atoms with Crippen LogP contribution in [0.5, 0.6) is 0 Å². The van der Waals surface area contributed by atoms with E-state index in [0.29, 0.717) is 0 Å². The summed E-state index contributed by atoms with van der Waals surface area (Å²) in [6.45, 7) is 0. The second-order valence-corrected chi connectivity index (χ2v) is 6.80. The average Bonchev–Trinajstić information content (AvgIpc) is 1.80. The second-order valence-electron chi connectivity index (χ2n) is 1.36. The van der Waals surface area contributed by atoms with Gasteiger partial charge in [-0.25, -0.2) is 4.79 Å². The number of alkyl halides is 1.